The maximum Gasteiger partial charge on any atom is 0.326 e. The second-order valence-electron chi connectivity index (χ2n) is 4.10. The van der Waals surface area contributed by atoms with Crippen LogP contribution in [0, 0.1) is 11.6 Å². The monoisotopic (exact) mass is 319 g/mol. The summed E-state index contributed by atoms with van der Waals surface area (Å²) in [4.78, 5) is 22.5. The van der Waals surface area contributed by atoms with Crippen LogP contribution >= 0.6 is 11.8 Å². The van der Waals surface area contributed by atoms with Gasteiger partial charge in [-0.1, -0.05) is 0 Å². The zero-order valence-electron chi connectivity index (χ0n) is 11.3. The molecule has 0 aromatic heterocycles. The molecular weight excluding hydrogens is 304 g/mol. The maximum absolute atomic E-state index is 13.3. The molecule has 0 aliphatic heterocycles. The van der Waals surface area contributed by atoms with Gasteiger partial charge in [0.25, 0.3) is 5.91 Å². The van der Waals surface area contributed by atoms with Crippen molar-refractivity contribution in [1.82, 2.24) is 5.32 Å². The Bertz CT molecular complexity index is 513. The van der Waals surface area contributed by atoms with Gasteiger partial charge in [-0.25, -0.2) is 13.6 Å². The molecule has 21 heavy (non-hydrogen) atoms. The van der Waals surface area contributed by atoms with Crippen LogP contribution in [0.25, 0.3) is 0 Å². The van der Waals surface area contributed by atoms with Gasteiger partial charge in [-0.2, -0.15) is 11.8 Å². The number of carbonyl (C=O) groups excluding carboxylic acids is 1. The summed E-state index contributed by atoms with van der Waals surface area (Å²) in [5.74, 6) is -3.22. The van der Waals surface area contributed by atoms with Gasteiger partial charge in [0.15, 0.2) is 18.2 Å². The first-order chi connectivity index (χ1) is 9.93. The lowest BCUT2D eigenvalue weighted by Gasteiger charge is -2.14. The Morgan fingerprint density at radius 1 is 1.43 bits per heavy atom. The van der Waals surface area contributed by atoms with E-state index in [1.165, 1.54) is 11.8 Å². The van der Waals surface area contributed by atoms with Gasteiger partial charge in [0.05, 0.1) is 0 Å². The van der Waals surface area contributed by atoms with Crippen LogP contribution in [0.3, 0.4) is 0 Å². The highest BCUT2D eigenvalue weighted by molar-refractivity contribution is 7.98. The van der Waals surface area contributed by atoms with Crippen molar-refractivity contribution in [3.05, 3.63) is 29.8 Å². The molecule has 8 heteroatoms. The molecule has 0 spiro atoms. The van der Waals surface area contributed by atoms with Gasteiger partial charge in [-0.05, 0) is 30.6 Å². The molecule has 1 aromatic rings. The smallest absolute Gasteiger partial charge is 0.326 e. The molecule has 0 heterocycles. The predicted octanol–water partition coefficient (Wildman–Crippen LogP) is 1.67. The molecule has 116 valence electrons. The highest BCUT2D eigenvalue weighted by Gasteiger charge is 2.19. The molecule has 2 N–H and O–H groups in total. The Balaban J connectivity index is 2.50. The highest BCUT2D eigenvalue weighted by atomic mass is 32.2. The second-order valence-corrected chi connectivity index (χ2v) is 5.09. The largest absolute Gasteiger partial charge is 0.481 e. The van der Waals surface area contributed by atoms with Crippen LogP contribution in [0.15, 0.2) is 18.2 Å². The number of carboxylic acids is 1. The van der Waals surface area contributed by atoms with Crippen LogP contribution in [0.4, 0.5) is 8.78 Å². The third-order valence-electron chi connectivity index (χ3n) is 2.50. The molecule has 0 bridgehead atoms. The second kappa shape index (κ2) is 8.46. The van der Waals surface area contributed by atoms with Crippen molar-refractivity contribution in [3.63, 3.8) is 0 Å². The van der Waals surface area contributed by atoms with Crippen LogP contribution < -0.4 is 10.1 Å². The molecule has 1 atom stereocenters. The summed E-state index contributed by atoms with van der Waals surface area (Å²) in [6, 6.07) is 1.66. The fourth-order valence-electron chi connectivity index (χ4n) is 1.46. The molecule has 0 fully saturated rings. The number of thioether (sulfide) groups is 1. The van der Waals surface area contributed by atoms with Gasteiger partial charge in [0.2, 0.25) is 0 Å². The summed E-state index contributed by atoms with van der Waals surface area (Å²) >= 11 is 1.46. The van der Waals surface area contributed by atoms with E-state index in [4.69, 9.17) is 9.84 Å². The van der Waals surface area contributed by atoms with Crippen molar-refractivity contribution < 1.29 is 28.2 Å². The highest BCUT2D eigenvalue weighted by Crippen LogP contribution is 2.17. The number of amides is 1. The first-order valence-corrected chi connectivity index (χ1v) is 7.42. The Morgan fingerprint density at radius 3 is 2.71 bits per heavy atom. The van der Waals surface area contributed by atoms with E-state index in [0.717, 1.165) is 12.1 Å². The fraction of sp³-hybridized carbons (Fsp3) is 0.385. The molecule has 0 radical (unpaired) electrons. The van der Waals surface area contributed by atoms with Crippen molar-refractivity contribution in [3.8, 4) is 5.75 Å². The van der Waals surface area contributed by atoms with E-state index in [1.807, 2.05) is 6.26 Å². The van der Waals surface area contributed by atoms with Crippen LogP contribution in [0.5, 0.6) is 5.75 Å². The summed E-state index contributed by atoms with van der Waals surface area (Å²) in [5.41, 5.74) is 0. The summed E-state index contributed by atoms with van der Waals surface area (Å²) in [6.45, 7) is -0.550. The molecule has 1 amide bonds. The van der Waals surface area contributed by atoms with E-state index >= 15 is 0 Å². The average Bonchev–Trinajstić information content (AvgIpc) is 2.42. The zero-order chi connectivity index (χ0) is 15.8. The number of hydrogen-bond donors (Lipinski definition) is 2. The van der Waals surface area contributed by atoms with E-state index in [0.29, 0.717) is 11.8 Å². The molecule has 0 saturated heterocycles. The summed E-state index contributed by atoms with van der Waals surface area (Å²) in [5, 5.41) is 11.2. The first-order valence-electron chi connectivity index (χ1n) is 6.03. The molecule has 0 aliphatic rings. The lowest BCUT2D eigenvalue weighted by atomic mass is 10.2. The summed E-state index contributed by atoms with van der Waals surface area (Å²) in [6.07, 6.45) is 2.09. The Labute approximate surface area is 124 Å². The molecule has 5 nitrogen and oxygen atoms in total. The number of nitrogens with one attached hydrogen (secondary N) is 1. The van der Waals surface area contributed by atoms with Crippen molar-refractivity contribution in [2.75, 3.05) is 18.6 Å². The molecule has 0 aliphatic carbocycles. The summed E-state index contributed by atoms with van der Waals surface area (Å²) in [7, 11) is 0. The quantitative estimate of drug-likeness (QED) is 0.762. The number of carbonyl (C=O) groups is 2. The Morgan fingerprint density at radius 2 is 2.14 bits per heavy atom. The molecule has 0 saturated carbocycles. The van der Waals surface area contributed by atoms with Gasteiger partial charge in [0.1, 0.15) is 11.9 Å². The predicted molar refractivity (Wildman–Crippen MR) is 74.4 cm³/mol. The molecule has 1 rings (SSSR count). The Hall–Kier alpha value is -1.83. The number of aliphatic carboxylic acids is 1. The SMILES string of the molecule is CSCCC(NC(=O)COc1ccc(F)cc1F)C(=O)O. The normalized spacial score (nSPS) is 11.8. The molecule has 1 aromatic carbocycles. The van der Waals surface area contributed by atoms with Crippen molar-refractivity contribution in [2.45, 2.75) is 12.5 Å². The lowest BCUT2D eigenvalue weighted by Crippen LogP contribution is -2.43. The zero-order valence-corrected chi connectivity index (χ0v) is 12.1. The number of ether oxygens (including phenoxy) is 1. The Kier molecular flexibility index (Phi) is 6.93. The third-order valence-corrected chi connectivity index (χ3v) is 3.14. The maximum atomic E-state index is 13.3. The van der Waals surface area contributed by atoms with Gasteiger partial charge in [-0.3, -0.25) is 4.79 Å². The van der Waals surface area contributed by atoms with Crippen LogP contribution in [0.2, 0.25) is 0 Å². The minimum atomic E-state index is -1.15. The number of halogens is 2. The minimum Gasteiger partial charge on any atom is -0.481 e. The van der Waals surface area contributed by atoms with E-state index < -0.39 is 36.2 Å². The topological polar surface area (TPSA) is 75.6 Å². The van der Waals surface area contributed by atoms with E-state index in [9.17, 15) is 18.4 Å². The van der Waals surface area contributed by atoms with E-state index in [1.54, 1.807) is 0 Å². The van der Waals surface area contributed by atoms with Crippen LogP contribution in [-0.4, -0.2) is 41.6 Å². The third kappa shape index (κ3) is 5.99. The minimum absolute atomic E-state index is 0.271. The number of rotatable bonds is 8. The van der Waals surface area contributed by atoms with Gasteiger partial charge >= 0.3 is 5.97 Å². The van der Waals surface area contributed by atoms with Crippen molar-refractivity contribution in [2.24, 2.45) is 0 Å². The standard InChI is InChI=1S/C13H15F2NO4S/c1-21-5-4-10(13(18)19)16-12(17)7-20-11-3-2-8(14)6-9(11)15/h2-3,6,10H,4-5,7H2,1H3,(H,16,17)(H,18,19). The van der Waals surface area contributed by atoms with Gasteiger partial charge < -0.3 is 15.2 Å². The molecular formula is C13H15F2NO4S. The summed E-state index contributed by atoms with van der Waals surface area (Å²) < 4.78 is 30.8. The number of hydrogen-bond acceptors (Lipinski definition) is 4. The number of carboxylic acid groups (broad SMARTS) is 1. The van der Waals surface area contributed by atoms with E-state index in [2.05, 4.69) is 5.32 Å². The van der Waals surface area contributed by atoms with Gasteiger partial charge in [-0.15, -0.1) is 0 Å². The van der Waals surface area contributed by atoms with Crippen LogP contribution in [0.1, 0.15) is 6.42 Å². The number of benzene rings is 1. The van der Waals surface area contributed by atoms with E-state index in [-0.39, 0.29) is 12.2 Å². The van der Waals surface area contributed by atoms with Crippen molar-refractivity contribution in [1.29, 1.82) is 0 Å². The lowest BCUT2D eigenvalue weighted by molar-refractivity contribution is -0.142. The molecule has 1 unspecified atom stereocenters. The average molecular weight is 319 g/mol. The fourth-order valence-corrected chi connectivity index (χ4v) is 1.94. The van der Waals surface area contributed by atoms with Crippen molar-refractivity contribution >= 4 is 23.6 Å². The van der Waals surface area contributed by atoms with Crippen LogP contribution in [-0.2, 0) is 9.59 Å². The first kappa shape index (κ1) is 17.2. The van der Waals surface area contributed by atoms with Gasteiger partial charge in [0, 0.05) is 6.07 Å².